The quantitative estimate of drug-likeness (QED) is 0.311. The normalized spacial score (nSPS) is 10.8. The lowest BCUT2D eigenvalue weighted by atomic mass is 10.2. The average molecular weight is 463 g/mol. The van der Waals surface area contributed by atoms with E-state index in [4.69, 9.17) is 26.8 Å². The van der Waals surface area contributed by atoms with Gasteiger partial charge in [-0.25, -0.2) is 0 Å². The number of primary amides is 1. The summed E-state index contributed by atoms with van der Waals surface area (Å²) >= 11 is 7.88. The summed E-state index contributed by atoms with van der Waals surface area (Å²) < 4.78 is 12.7. The topological polar surface area (TPSA) is 117 Å². The molecule has 0 atom stereocenters. The highest BCUT2D eigenvalue weighted by molar-refractivity contribution is 7.99. The molecule has 9 nitrogen and oxygen atoms in total. The molecule has 3 rings (SSSR count). The van der Waals surface area contributed by atoms with Gasteiger partial charge in [0.15, 0.2) is 18.1 Å². The number of hydrogen-bond donors (Lipinski definition) is 2. The van der Waals surface area contributed by atoms with Crippen LogP contribution >= 0.6 is 23.4 Å². The van der Waals surface area contributed by atoms with Crippen LogP contribution in [0.3, 0.4) is 0 Å². The minimum Gasteiger partial charge on any atom is -0.490 e. The Balaban J connectivity index is 1.53. The monoisotopic (exact) mass is 462 g/mol. The largest absolute Gasteiger partial charge is 0.490 e. The van der Waals surface area contributed by atoms with Crippen molar-refractivity contribution in [3.63, 3.8) is 0 Å². The van der Waals surface area contributed by atoms with Crippen molar-refractivity contribution in [2.75, 3.05) is 25.5 Å². The standard InChI is InChI=1S/C20H23ClN6O3S/c1-2-29-17-11-14(10-16(21)19(17)30-13-18(22)28)12-23-8-9-31-20-24-25-26-27(20)15-6-4-3-5-7-15/h3-7,10-11,23H,2,8-9,12-13H2,1H3,(H2,22,28). The third kappa shape index (κ3) is 6.58. The van der Waals surface area contributed by atoms with E-state index < -0.39 is 5.91 Å². The van der Waals surface area contributed by atoms with Crippen molar-refractivity contribution < 1.29 is 14.3 Å². The molecule has 3 N–H and O–H groups in total. The van der Waals surface area contributed by atoms with Crippen LogP contribution in [0.1, 0.15) is 12.5 Å². The molecule has 31 heavy (non-hydrogen) atoms. The van der Waals surface area contributed by atoms with E-state index in [9.17, 15) is 4.79 Å². The van der Waals surface area contributed by atoms with Crippen LogP contribution in [-0.2, 0) is 11.3 Å². The first-order valence-electron chi connectivity index (χ1n) is 9.62. The molecule has 0 aliphatic rings. The number of tetrazole rings is 1. The number of carbonyl (C=O) groups is 1. The van der Waals surface area contributed by atoms with E-state index in [1.165, 1.54) is 0 Å². The summed E-state index contributed by atoms with van der Waals surface area (Å²) in [5.41, 5.74) is 6.99. The number of nitrogens with one attached hydrogen (secondary N) is 1. The maximum Gasteiger partial charge on any atom is 0.255 e. The van der Waals surface area contributed by atoms with Crippen molar-refractivity contribution in [2.45, 2.75) is 18.6 Å². The van der Waals surface area contributed by atoms with Gasteiger partial charge in [-0.3, -0.25) is 4.79 Å². The van der Waals surface area contributed by atoms with Gasteiger partial charge in [-0.05, 0) is 47.2 Å². The minimum atomic E-state index is -0.583. The van der Waals surface area contributed by atoms with E-state index in [1.807, 2.05) is 43.3 Å². The number of nitrogens with two attached hydrogens (primary N) is 1. The molecular weight excluding hydrogens is 440 g/mol. The number of aromatic nitrogens is 4. The predicted octanol–water partition coefficient (Wildman–Crippen LogP) is 2.46. The number of ether oxygens (including phenoxy) is 2. The lowest BCUT2D eigenvalue weighted by Crippen LogP contribution is -2.20. The van der Waals surface area contributed by atoms with Crippen molar-refractivity contribution in [3.05, 3.63) is 53.1 Å². The Morgan fingerprint density at radius 3 is 2.81 bits per heavy atom. The first kappa shape index (κ1) is 22.9. The zero-order chi connectivity index (χ0) is 22.1. The Kier molecular flexibility index (Phi) is 8.51. The van der Waals surface area contributed by atoms with Crippen molar-refractivity contribution in [2.24, 2.45) is 5.73 Å². The number of amides is 1. The van der Waals surface area contributed by atoms with Gasteiger partial charge in [0.2, 0.25) is 5.16 Å². The second-order valence-electron chi connectivity index (χ2n) is 6.33. The number of carbonyl (C=O) groups excluding carboxylic acids is 1. The Labute approximate surface area is 189 Å². The summed E-state index contributed by atoms with van der Waals surface area (Å²) in [5, 5.41) is 16.4. The summed E-state index contributed by atoms with van der Waals surface area (Å²) in [7, 11) is 0. The number of halogens is 1. The van der Waals surface area contributed by atoms with Crippen molar-refractivity contribution in [3.8, 4) is 17.2 Å². The molecule has 1 aromatic heterocycles. The molecule has 3 aromatic rings. The molecule has 2 aromatic carbocycles. The number of rotatable bonds is 12. The molecule has 0 aliphatic heterocycles. The average Bonchev–Trinajstić information content (AvgIpc) is 3.22. The van der Waals surface area contributed by atoms with Crippen molar-refractivity contribution in [1.82, 2.24) is 25.5 Å². The smallest absolute Gasteiger partial charge is 0.255 e. The fourth-order valence-corrected chi connectivity index (χ4v) is 3.79. The lowest BCUT2D eigenvalue weighted by Gasteiger charge is -2.15. The second-order valence-corrected chi connectivity index (χ2v) is 7.80. The summed E-state index contributed by atoms with van der Waals surface area (Å²) in [5.74, 6) is 0.984. The van der Waals surface area contributed by atoms with Crippen LogP contribution in [0.2, 0.25) is 5.02 Å². The number of nitrogens with zero attached hydrogens (tertiary/aromatic N) is 4. The molecule has 164 valence electrons. The van der Waals surface area contributed by atoms with E-state index in [-0.39, 0.29) is 6.61 Å². The van der Waals surface area contributed by atoms with Gasteiger partial charge in [0, 0.05) is 18.8 Å². The second kappa shape index (κ2) is 11.5. The van der Waals surface area contributed by atoms with Gasteiger partial charge in [-0.15, -0.1) is 5.10 Å². The SMILES string of the molecule is CCOc1cc(CNCCSc2nnnn2-c2ccccc2)cc(Cl)c1OCC(N)=O. The Morgan fingerprint density at radius 1 is 1.26 bits per heavy atom. The zero-order valence-corrected chi connectivity index (χ0v) is 18.5. The van der Waals surface area contributed by atoms with Crippen molar-refractivity contribution >= 4 is 29.3 Å². The summed E-state index contributed by atoms with van der Waals surface area (Å²) in [6.45, 7) is 3.34. The number of hydrogen-bond acceptors (Lipinski definition) is 8. The molecule has 1 heterocycles. The molecule has 0 radical (unpaired) electrons. The summed E-state index contributed by atoms with van der Waals surface area (Å²) in [6, 6.07) is 13.4. The van der Waals surface area contributed by atoms with E-state index in [0.717, 1.165) is 28.7 Å². The van der Waals surface area contributed by atoms with Crippen LogP contribution in [0.5, 0.6) is 11.5 Å². The highest BCUT2D eigenvalue weighted by Crippen LogP contribution is 2.36. The van der Waals surface area contributed by atoms with Gasteiger partial charge in [0.1, 0.15) is 0 Å². The number of thioether (sulfide) groups is 1. The van der Waals surface area contributed by atoms with E-state index in [1.54, 1.807) is 22.5 Å². The van der Waals surface area contributed by atoms with Gasteiger partial charge in [-0.2, -0.15) is 4.68 Å². The zero-order valence-electron chi connectivity index (χ0n) is 17.0. The molecule has 0 saturated heterocycles. The molecule has 0 saturated carbocycles. The fraction of sp³-hybridized carbons (Fsp3) is 0.300. The number of para-hydroxylation sites is 1. The Hall–Kier alpha value is -2.82. The molecular formula is C20H23ClN6O3S. The third-order valence-corrected chi connectivity index (χ3v) is 5.21. The first-order valence-corrected chi connectivity index (χ1v) is 11.0. The molecule has 0 fully saturated rings. The minimum absolute atomic E-state index is 0.267. The molecule has 11 heteroatoms. The van der Waals surface area contributed by atoms with Gasteiger partial charge >= 0.3 is 0 Å². The maximum atomic E-state index is 11.0. The first-order chi connectivity index (χ1) is 15.1. The van der Waals surface area contributed by atoms with Crippen LogP contribution in [0.15, 0.2) is 47.6 Å². The van der Waals surface area contributed by atoms with Crippen LogP contribution in [0.4, 0.5) is 0 Å². The number of benzene rings is 2. The molecule has 0 aliphatic carbocycles. The molecule has 1 amide bonds. The van der Waals surface area contributed by atoms with Crippen molar-refractivity contribution in [1.29, 1.82) is 0 Å². The summed E-state index contributed by atoms with van der Waals surface area (Å²) in [6.07, 6.45) is 0. The third-order valence-electron chi connectivity index (χ3n) is 4.01. The highest BCUT2D eigenvalue weighted by Gasteiger charge is 2.14. The maximum absolute atomic E-state index is 11.0. The van der Waals surface area contributed by atoms with Gasteiger partial charge in [-0.1, -0.05) is 41.6 Å². The molecule has 0 spiro atoms. The van der Waals surface area contributed by atoms with Crippen LogP contribution in [0, 0.1) is 0 Å². The predicted molar refractivity (Wildman–Crippen MR) is 119 cm³/mol. The van der Waals surface area contributed by atoms with Crippen LogP contribution in [0.25, 0.3) is 5.69 Å². The van der Waals surface area contributed by atoms with Gasteiger partial charge < -0.3 is 20.5 Å². The van der Waals surface area contributed by atoms with E-state index in [2.05, 4.69) is 20.8 Å². The highest BCUT2D eigenvalue weighted by atomic mass is 35.5. The van der Waals surface area contributed by atoms with Gasteiger partial charge in [0.05, 0.1) is 17.3 Å². The summed E-state index contributed by atoms with van der Waals surface area (Å²) in [4.78, 5) is 11.0. The Bertz CT molecular complexity index is 1000. The molecule has 0 unspecified atom stereocenters. The van der Waals surface area contributed by atoms with E-state index in [0.29, 0.717) is 29.7 Å². The van der Waals surface area contributed by atoms with Crippen LogP contribution in [-0.4, -0.2) is 51.6 Å². The lowest BCUT2D eigenvalue weighted by molar-refractivity contribution is -0.119. The van der Waals surface area contributed by atoms with Gasteiger partial charge in [0.25, 0.3) is 5.91 Å². The van der Waals surface area contributed by atoms with E-state index >= 15 is 0 Å². The Morgan fingerprint density at radius 2 is 2.06 bits per heavy atom. The fourth-order valence-electron chi connectivity index (χ4n) is 2.72. The molecule has 0 bridgehead atoms. The van der Waals surface area contributed by atoms with Crippen LogP contribution < -0.4 is 20.5 Å².